The van der Waals surface area contributed by atoms with Crippen molar-refractivity contribution < 1.29 is 40.6 Å². The van der Waals surface area contributed by atoms with Gasteiger partial charge in [0.25, 0.3) is 5.91 Å². The summed E-state index contributed by atoms with van der Waals surface area (Å²) >= 11 is 0. The molecule has 1 N–H and O–H groups in total. The van der Waals surface area contributed by atoms with Crippen molar-refractivity contribution in [2.24, 2.45) is 0 Å². The molecule has 48 heavy (non-hydrogen) atoms. The van der Waals surface area contributed by atoms with E-state index in [9.17, 15) is 31.1 Å². The summed E-state index contributed by atoms with van der Waals surface area (Å²) in [7, 11) is 6.81. The fourth-order valence-corrected chi connectivity index (χ4v) is 4.99. The van der Waals surface area contributed by atoms with Crippen molar-refractivity contribution >= 4 is 11.9 Å². The third kappa shape index (κ3) is 9.93. The van der Waals surface area contributed by atoms with Crippen molar-refractivity contribution in [1.29, 1.82) is 0 Å². The van der Waals surface area contributed by atoms with E-state index in [0.717, 1.165) is 31.1 Å². The first-order valence-electron chi connectivity index (χ1n) is 15.2. The molecule has 0 unspecified atom stereocenters. The molecule has 0 bridgehead atoms. The van der Waals surface area contributed by atoms with E-state index in [2.05, 4.69) is 32.1 Å². The van der Waals surface area contributed by atoms with Crippen LogP contribution in [-0.4, -0.2) is 111 Å². The molecule has 3 aromatic rings. The second-order valence-corrected chi connectivity index (χ2v) is 11.6. The molecule has 5 rings (SSSR count). The molecule has 10 nitrogen and oxygen atoms in total. The van der Waals surface area contributed by atoms with Crippen molar-refractivity contribution in [3.8, 4) is 17.4 Å². The van der Waals surface area contributed by atoms with Crippen molar-refractivity contribution in [3.05, 3.63) is 70.9 Å². The molecule has 2 aromatic carbocycles. The maximum absolute atomic E-state index is 13.5. The topological polar surface area (TPSA) is 86.3 Å². The van der Waals surface area contributed by atoms with Crippen LogP contribution in [0.15, 0.2) is 48.7 Å². The number of halogens is 6. The number of carbonyl (C=O) groups excluding carboxylic acids is 1. The lowest BCUT2D eigenvalue weighted by molar-refractivity contribution is -0.143. The van der Waals surface area contributed by atoms with Crippen LogP contribution in [0, 0.1) is 0 Å². The number of anilines is 1. The minimum absolute atomic E-state index is 0.0371. The molecule has 3 heterocycles. The number of amides is 1. The van der Waals surface area contributed by atoms with Gasteiger partial charge in [-0.25, -0.2) is 4.98 Å². The highest BCUT2D eigenvalue weighted by Gasteiger charge is 2.37. The molecular formula is C32H39F6N7O3. The highest BCUT2D eigenvalue weighted by molar-refractivity contribution is 5.96. The van der Waals surface area contributed by atoms with E-state index in [4.69, 9.17) is 9.47 Å². The van der Waals surface area contributed by atoms with E-state index in [1.807, 2.05) is 11.9 Å². The van der Waals surface area contributed by atoms with Gasteiger partial charge in [-0.1, -0.05) is 12.1 Å². The van der Waals surface area contributed by atoms with Gasteiger partial charge in [-0.15, -0.1) is 0 Å². The highest BCUT2D eigenvalue weighted by atomic mass is 19.4. The van der Waals surface area contributed by atoms with Crippen LogP contribution in [0.3, 0.4) is 0 Å². The molecule has 0 radical (unpaired) electrons. The Kier molecular flexibility index (Phi) is 12.1. The Hall–Kier alpha value is -4.15. The minimum Gasteiger partial charge on any atom is -0.493 e. The summed E-state index contributed by atoms with van der Waals surface area (Å²) in [6.07, 6.45) is -8.79. The number of ether oxygens (including phenoxy) is 2. The molecule has 262 valence electrons. The van der Waals surface area contributed by atoms with Gasteiger partial charge in [0.2, 0.25) is 11.8 Å². The smallest absolute Gasteiger partial charge is 0.416 e. The first-order chi connectivity index (χ1) is 22.7. The van der Waals surface area contributed by atoms with Crippen LogP contribution in [0.4, 0.5) is 32.3 Å². The van der Waals surface area contributed by atoms with Gasteiger partial charge >= 0.3 is 12.4 Å². The molecule has 2 aliphatic heterocycles. The Labute approximate surface area is 275 Å². The fraction of sp³-hybridized carbons (Fsp3) is 0.469. The molecule has 2 saturated heterocycles. The Balaban J connectivity index is 0.000000659. The molecule has 1 amide bonds. The molecular weight excluding hydrogens is 644 g/mol. The molecule has 2 fully saturated rings. The van der Waals surface area contributed by atoms with E-state index in [0.29, 0.717) is 36.9 Å². The number of benzene rings is 2. The third-order valence-corrected chi connectivity index (χ3v) is 7.79. The number of methoxy groups -OCH3 is 1. The van der Waals surface area contributed by atoms with Crippen molar-refractivity contribution in [3.63, 3.8) is 0 Å². The number of piperazine rings is 2. The number of aromatic nitrogens is 2. The molecule has 0 atom stereocenters. The molecule has 16 heteroatoms. The molecule has 0 aliphatic carbocycles. The zero-order chi connectivity index (χ0) is 35.1. The van der Waals surface area contributed by atoms with Gasteiger partial charge in [-0.3, -0.25) is 4.79 Å². The molecule has 0 saturated carbocycles. The van der Waals surface area contributed by atoms with Gasteiger partial charge < -0.3 is 34.4 Å². The van der Waals surface area contributed by atoms with Crippen LogP contribution in [-0.2, 0) is 18.9 Å². The van der Waals surface area contributed by atoms with Crippen molar-refractivity contribution in [2.75, 3.05) is 85.5 Å². The Morgan fingerprint density at radius 3 is 1.96 bits per heavy atom. The summed E-state index contributed by atoms with van der Waals surface area (Å²) in [5.41, 5.74) is -3.43. The summed E-state index contributed by atoms with van der Waals surface area (Å²) in [6, 6.07) is 7.82. The lowest BCUT2D eigenvalue weighted by Crippen LogP contribution is -2.45. The number of nitrogens with one attached hydrogen (secondary N) is 1. The maximum Gasteiger partial charge on any atom is 0.416 e. The number of likely N-dealkylation sites (N-methyl/N-ethyl adjacent to an activating group) is 2. The van der Waals surface area contributed by atoms with Crippen molar-refractivity contribution in [1.82, 2.24) is 30.0 Å². The standard InChI is InChI=1S/C27H27F6N5O3.C5H12N2/c1-36-8-10-38(11-9-36)25-34-15-20(23(35-25)41-22-7-5-4-6-21(22)40-3)24(39)37(2)16-17-12-18(26(28,29)30)14-19(13-17)27(31,32)33;1-7-4-2-6-3-5-7/h4-7,12-15H,8-11,16H2,1-3H3;6H,2-5H2,1H3. The van der Waals surface area contributed by atoms with Crippen LogP contribution in [0.25, 0.3) is 0 Å². The predicted molar refractivity (Wildman–Crippen MR) is 167 cm³/mol. The normalized spacial score (nSPS) is 16.2. The van der Waals surface area contributed by atoms with E-state index >= 15 is 0 Å². The maximum atomic E-state index is 13.5. The van der Waals surface area contributed by atoms with E-state index in [1.165, 1.54) is 33.4 Å². The summed E-state index contributed by atoms with van der Waals surface area (Å²) in [6.45, 7) is 6.94. The minimum atomic E-state index is -5.01. The first-order valence-corrected chi connectivity index (χ1v) is 15.2. The van der Waals surface area contributed by atoms with Crippen LogP contribution >= 0.6 is 0 Å². The van der Waals surface area contributed by atoms with Gasteiger partial charge in [0.1, 0.15) is 5.56 Å². The number of para-hydroxylation sites is 2. The van der Waals surface area contributed by atoms with Crippen LogP contribution in [0.1, 0.15) is 27.0 Å². The molecule has 2 aliphatic rings. The SMILES string of the molecule is CN1CCNCC1.COc1ccccc1Oc1nc(N2CCN(C)CC2)ncc1C(=O)N(C)Cc1cc(C(F)(F)F)cc(C(F)(F)F)c1. The molecule has 0 spiro atoms. The van der Waals surface area contributed by atoms with Crippen molar-refractivity contribution in [2.45, 2.75) is 18.9 Å². The van der Waals surface area contributed by atoms with Gasteiger partial charge in [0, 0.05) is 72.1 Å². The quantitative estimate of drug-likeness (QED) is 0.351. The number of hydrogen-bond acceptors (Lipinski definition) is 9. The number of rotatable bonds is 7. The largest absolute Gasteiger partial charge is 0.493 e. The van der Waals surface area contributed by atoms with Crippen LogP contribution in [0.2, 0.25) is 0 Å². The lowest BCUT2D eigenvalue weighted by Gasteiger charge is -2.32. The lowest BCUT2D eigenvalue weighted by atomic mass is 10.0. The van der Waals surface area contributed by atoms with E-state index in [1.54, 1.807) is 24.3 Å². The van der Waals surface area contributed by atoms with Crippen LogP contribution in [0.5, 0.6) is 17.4 Å². The summed E-state index contributed by atoms with van der Waals surface area (Å²) in [4.78, 5) is 29.6. The van der Waals surface area contributed by atoms with Gasteiger partial charge in [0.15, 0.2) is 11.5 Å². The Bertz CT molecular complexity index is 1490. The number of nitrogens with zero attached hydrogens (tertiary/aromatic N) is 6. The monoisotopic (exact) mass is 683 g/mol. The average Bonchev–Trinajstić information content (AvgIpc) is 3.05. The number of alkyl halides is 6. The van der Waals surface area contributed by atoms with Gasteiger partial charge in [-0.05, 0) is 50.0 Å². The van der Waals surface area contributed by atoms with E-state index < -0.39 is 35.9 Å². The Morgan fingerprint density at radius 1 is 0.875 bits per heavy atom. The first kappa shape index (κ1) is 36.7. The zero-order valence-electron chi connectivity index (χ0n) is 27.2. The number of hydrogen-bond donors (Lipinski definition) is 1. The average molecular weight is 684 g/mol. The summed E-state index contributed by atoms with van der Waals surface area (Å²) in [5.74, 6) is -0.0268. The van der Waals surface area contributed by atoms with Crippen LogP contribution < -0.4 is 19.7 Å². The fourth-order valence-electron chi connectivity index (χ4n) is 4.99. The zero-order valence-corrected chi connectivity index (χ0v) is 27.2. The second kappa shape index (κ2) is 15.8. The highest BCUT2D eigenvalue weighted by Crippen LogP contribution is 2.37. The van der Waals surface area contributed by atoms with Gasteiger partial charge in [-0.2, -0.15) is 31.3 Å². The third-order valence-electron chi connectivity index (χ3n) is 7.79. The summed E-state index contributed by atoms with van der Waals surface area (Å²) in [5, 5.41) is 3.27. The summed E-state index contributed by atoms with van der Waals surface area (Å²) < 4.78 is 91.3. The van der Waals surface area contributed by atoms with Gasteiger partial charge in [0.05, 0.1) is 18.2 Å². The Morgan fingerprint density at radius 2 is 1.44 bits per heavy atom. The second-order valence-electron chi connectivity index (χ2n) is 11.6. The molecule has 1 aromatic heterocycles. The number of carbonyl (C=O) groups is 1. The predicted octanol–water partition coefficient (Wildman–Crippen LogP) is 4.86. The van der Waals surface area contributed by atoms with E-state index in [-0.39, 0.29) is 28.8 Å².